The molecule has 0 bridgehead atoms. The van der Waals surface area contributed by atoms with E-state index in [1.807, 2.05) is 0 Å². The second-order valence-electron chi connectivity index (χ2n) is 4.01. The van der Waals surface area contributed by atoms with Crippen LogP contribution >= 0.6 is 11.8 Å². The summed E-state index contributed by atoms with van der Waals surface area (Å²) < 4.78 is 6.36. The van der Waals surface area contributed by atoms with Crippen molar-refractivity contribution in [2.45, 2.75) is 25.0 Å². The van der Waals surface area contributed by atoms with Gasteiger partial charge in [0.05, 0.1) is 5.75 Å². The molecule has 0 saturated carbocycles. The number of hydrogen-bond acceptors (Lipinski definition) is 6. The van der Waals surface area contributed by atoms with Crippen LogP contribution in [0, 0.1) is 0 Å². The Morgan fingerprint density at radius 1 is 1.48 bits per heavy atom. The second kappa shape index (κ2) is 9.19. The van der Waals surface area contributed by atoms with Gasteiger partial charge in [-0.2, -0.15) is 0 Å². The molecule has 1 rings (SSSR count). The van der Waals surface area contributed by atoms with Crippen LogP contribution in [0.25, 0.3) is 0 Å². The number of thioether (sulfide) groups is 1. The largest absolute Gasteiger partial charge is 0.385 e. The molecule has 0 aromatic carbocycles. The van der Waals surface area contributed by atoms with Crippen molar-refractivity contribution in [1.82, 2.24) is 25.4 Å². The van der Waals surface area contributed by atoms with Crippen molar-refractivity contribution >= 4 is 23.7 Å². The minimum Gasteiger partial charge on any atom is -0.385 e. The molecule has 118 valence electrons. The van der Waals surface area contributed by atoms with Gasteiger partial charge in [0.15, 0.2) is 5.16 Å². The van der Waals surface area contributed by atoms with Gasteiger partial charge in [-0.1, -0.05) is 11.8 Å². The molecule has 0 spiro atoms. The molecule has 21 heavy (non-hydrogen) atoms. The Morgan fingerprint density at radius 3 is 2.90 bits per heavy atom. The SMILES string of the molecule is CCNC(=O)NC(=O)CSc1n[nH]c(=O)n1CCCOC. The highest BCUT2D eigenvalue weighted by molar-refractivity contribution is 7.99. The molecule has 1 aromatic heterocycles. The highest BCUT2D eigenvalue weighted by atomic mass is 32.2. The van der Waals surface area contributed by atoms with E-state index in [1.54, 1.807) is 14.0 Å². The Morgan fingerprint density at radius 2 is 2.24 bits per heavy atom. The van der Waals surface area contributed by atoms with Gasteiger partial charge in [-0.15, -0.1) is 5.10 Å². The zero-order valence-electron chi connectivity index (χ0n) is 12.0. The molecule has 0 aliphatic heterocycles. The first-order chi connectivity index (χ1) is 10.1. The summed E-state index contributed by atoms with van der Waals surface area (Å²) in [4.78, 5) is 34.3. The molecule has 3 N–H and O–H groups in total. The number of nitrogens with zero attached hydrogens (tertiary/aromatic N) is 2. The number of amides is 3. The standard InChI is InChI=1S/C11H19N5O4S/c1-3-12-9(18)13-8(17)7-21-11-15-14-10(19)16(11)5-4-6-20-2/h3-7H2,1-2H3,(H,14,19)(H2,12,13,17,18). The minimum absolute atomic E-state index is 0.00823. The van der Waals surface area contributed by atoms with Crippen LogP contribution in [-0.4, -0.2) is 52.7 Å². The number of nitrogens with one attached hydrogen (secondary N) is 3. The maximum absolute atomic E-state index is 11.6. The predicted octanol–water partition coefficient (Wildman–Crippen LogP) is -0.454. The summed E-state index contributed by atoms with van der Waals surface area (Å²) in [5.41, 5.74) is -0.335. The maximum atomic E-state index is 11.6. The minimum atomic E-state index is -0.539. The number of aromatic nitrogens is 3. The Labute approximate surface area is 125 Å². The maximum Gasteiger partial charge on any atom is 0.343 e. The molecule has 0 saturated heterocycles. The number of hydrogen-bond donors (Lipinski definition) is 3. The smallest absolute Gasteiger partial charge is 0.343 e. The fourth-order valence-electron chi connectivity index (χ4n) is 1.48. The molecule has 0 fully saturated rings. The number of carbonyl (C=O) groups excluding carboxylic acids is 2. The zero-order valence-corrected chi connectivity index (χ0v) is 12.8. The first-order valence-electron chi connectivity index (χ1n) is 6.43. The normalized spacial score (nSPS) is 10.4. The first kappa shape index (κ1) is 17.2. The number of rotatable bonds is 8. The summed E-state index contributed by atoms with van der Waals surface area (Å²) >= 11 is 1.08. The van der Waals surface area contributed by atoms with E-state index >= 15 is 0 Å². The van der Waals surface area contributed by atoms with E-state index in [4.69, 9.17) is 4.74 Å². The summed E-state index contributed by atoms with van der Waals surface area (Å²) in [6.07, 6.45) is 0.661. The molecular weight excluding hydrogens is 298 g/mol. The van der Waals surface area contributed by atoms with Crippen LogP contribution < -0.4 is 16.3 Å². The third-order valence-corrected chi connectivity index (χ3v) is 3.35. The van der Waals surface area contributed by atoms with Crippen LogP contribution in [0.5, 0.6) is 0 Å². The number of ether oxygens (including phenoxy) is 1. The Hall–Kier alpha value is -1.81. The Kier molecular flexibility index (Phi) is 7.54. The van der Waals surface area contributed by atoms with Crippen molar-refractivity contribution in [1.29, 1.82) is 0 Å². The van der Waals surface area contributed by atoms with E-state index in [0.717, 1.165) is 11.8 Å². The number of urea groups is 1. The predicted molar refractivity (Wildman–Crippen MR) is 77.3 cm³/mol. The highest BCUT2D eigenvalue weighted by Gasteiger charge is 2.12. The van der Waals surface area contributed by atoms with Crippen LogP contribution in [0.3, 0.4) is 0 Å². The Balaban J connectivity index is 2.49. The molecule has 9 nitrogen and oxygen atoms in total. The number of carbonyl (C=O) groups is 2. The summed E-state index contributed by atoms with van der Waals surface area (Å²) in [7, 11) is 1.58. The molecule has 0 aliphatic rings. The van der Waals surface area contributed by atoms with Gasteiger partial charge in [-0.3, -0.25) is 14.7 Å². The van der Waals surface area contributed by atoms with Crippen molar-refractivity contribution in [3.05, 3.63) is 10.5 Å². The van der Waals surface area contributed by atoms with E-state index in [0.29, 0.717) is 31.3 Å². The quantitative estimate of drug-likeness (QED) is 0.441. The zero-order chi connectivity index (χ0) is 15.7. The molecule has 0 radical (unpaired) electrons. The van der Waals surface area contributed by atoms with Gasteiger partial charge in [0.1, 0.15) is 0 Å². The molecule has 1 heterocycles. The number of aromatic amines is 1. The van der Waals surface area contributed by atoms with Gasteiger partial charge in [0, 0.05) is 26.8 Å². The van der Waals surface area contributed by atoms with Crippen LogP contribution in [0.1, 0.15) is 13.3 Å². The Bertz CT molecular complexity index is 527. The van der Waals surface area contributed by atoms with E-state index in [-0.39, 0.29) is 11.4 Å². The van der Waals surface area contributed by atoms with Crippen LogP contribution in [0.4, 0.5) is 4.79 Å². The molecular formula is C11H19N5O4S. The molecule has 0 aliphatic carbocycles. The van der Waals surface area contributed by atoms with Gasteiger partial charge >= 0.3 is 11.7 Å². The third kappa shape index (κ3) is 6.00. The molecule has 10 heteroatoms. The topological polar surface area (TPSA) is 118 Å². The molecule has 0 unspecified atom stereocenters. The number of H-pyrrole nitrogens is 1. The number of methoxy groups -OCH3 is 1. The van der Waals surface area contributed by atoms with Gasteiger partial charge in [-0.25, -0.2) is 14.7 Å². The summed E-state index contributed by atoms with van der Waals surface area (Å²) in [6, 6.07) is -0.539. The second-order valence-corrected chi connectivity index (χ2v) is 4.95. The van der Waals surface area contributed by atoms with Gasteiger partial charge < -0.3 is 10.1 Å². The lowest BCUT2D eigenvalue weighted by molar-refractivity contribution is -0.117. The third-order valence-electron chi connectivity index (χ3n) is 2.38. The fourth-order valence-corrected chi connectivity index (χ4v) is 2.25. The lowest BCUT2D eigenvalue weighted by Crippen LogP contribution is -2.40. The van der Waals surface area contributed by atoms with E-state index in [2.05, 4.69) is 20.8 Å². The van der Waals surface area contributed by atoms with E-state index in [1.165, 1.54) is 4.57 Å². The van der Waals surface area contributed by atoms with Crippen molar-refractivity contribution in [2.24, 2.45) is 0 Å². The van der Waals surface area contributed by atoms with Crippen molar-refractivity contribution < 1.29 is 14.3 Å². The van der Waals surface area contributed by atoms with Crippen LogP contribution in [0.15, 0.2) is 9.95 Å². The lowest BCUT2D eigenvalue weighted by Gasteiger charge is -2.06. The first-order valence-corrected chi connectivity index (χ1v) is 7.41. The van der Waals surface area contributed by atoms with E-state index < -0.39 is 11.9 Å². The highest BCUT2D eigenvalue weighted by Crippen LogP contribution is 2.12. The molecule has 3 amide bonds. The van der Waals surface area contributed by atoms with Gasteiger partial charge in [0.25, 0.3) is 0 Å². The monoisotopic (exact) mass is 317 g/mol. The summed E-state index contributed by atoms with van der Waals surface area (Å²) in [6.45, 7) is 3.16. The molecule has 0 atom stereocenters. The van der Waals surface area contributed by atoms with Crippen LogP contribution in [0.2, 0.25) is 0 Å². The van der Waals surface area contributed by atoms with Gasteiger partial charge in [-0.05, 0) is 13.3 Å². The average Bonchev–Trinajstić information content (AvgIpc) is 2.78. The van der Waals surface area contributed by atoms with Crippen molar-refractivity contribution in [3.8, 4) is 0 Å². The average molecular weight is 317 g/mol. The van der Waals surface area contributed by atoms with Crippen molar-refractivity contribution in [2.75, 3.05) is 26.0 Å². The summed E-state index contributed by atoms with van der Waals surface area (Å²) in [5, 5.41) is 11.2. The number of imide groups is 1. The lowest BCUT2D eigenvalue weighted by atomic mass is 10.4. The van der Waals surface area contributed by atoms with Crippen LogP contribution in [-0.2, 0) is 16.1 Å². The molecule has 1 aromatic rings. The van der Waals surface area contributed by atoms with Crippen molar-refractivity contribution in [3.63, 3.8) is 0 Å². The summed E-state index contributed by atoms with van der Waals surface area (Å²) in [5.74, 6) is -0.462. The fraction of sp³-hybridized carbons (Fsp3) is 0.636. The van der Waals surface area contributed by atoms with E-state index in [9.17, 15) is 14.4 Å². The van der Waals surface area contributed by atoms with Gasteiger partial charge in [0.2, 0.25) is 5.91 Å².